The average Bonchev–Trinajstić information content (AvgIpc) is 1.93. The Hall–Kier alpha value is 0.657. The van der Waals surface area contributed by atoms with Gasteiger partial charge in [0.2, 0.25) is 0 Å². The van der Waals surface area contributed by atoms with Crippen molar-refractivity contribution in [1.29, 1.82) is 0 Å². The van der Waals surface area contributed by atoms with Crippen LogP contribution in [0.3, 0.4) is 0 Å². The zero-order chi connectivity index (χ0) is 11.0. The molecule has 0 amide bonds. The highest BCUT2D eigenvalue weighted by Gasteiger charge is 2.41. The Bertz CT molecular complexity index is 192. The summed E-state index contributed by atoms with van der Waals surface area (Å²) in [6, 6.07) is 0. The molecule has 0 N–H and O–H groups in total. The molecule has 84 valence electrons. The van der Waals surface area contributed by atoms with E-state index in [0.717, 1.165) is 11.2 Å². The minimum absolute atomic E-state index is 0.354. The molecular weight excluding hydrogens is 256 g/mol. The first-order valence-corrected chi connectivity index (χ1v) is 9.53. The molecule has 1 rings (SSSR count). The van der Waals surface area contributed by atoms with Crippen molar-refractivity contribution in [2.45, 2.75) is 57.8 Å². The van der Waals surface area contributed by atoms with Crippen LogP contribution in [0.1, 0.15) is 33.6 Å². The summed E-state index contributed by atoms with van der Waals surface area (Å²) in [6.45, 7) is 11.6. The van der Waals surface area contributed by atoms with E-state index in [4.69, 9.17) is 4.43 Å². The van der Waals surface area contributed by atoms with Crippen molar-refractivity contribution in [3.63, 3.8) is 0 Å². The highest BCUT2D eigenvalue weighted by atomic mass is 79.9. The predicted octanol–water partition coefficient (Wildman–Crippen LogP) is 4.18. The lowest BCUT2D eigenvalue weighted by Crippen LogP contribution is -2.47. The quantitative estimate of drug-likeness (QED) is 0.556. The van der Waals surface area contributed by atoms with E-state index >= 15 is 0 Å². The zero-order valence-electron chi connectivity index (χ0n) is 10.1. The van der Waals surface area contributed by atoms with E-state index in [1.807, 2.05) is 0 Å². The molecular formula is C11H23BrOSi. The van der Waals surface area contributed by atoms with E-state index in [2.05, 4.69) is 49.8 Å². The van der Waals surface area contributed by atoms with Crippen LogP contribution in [0.15, 0.2) is 0 Å². The van der Waals surface area contributed by atoms with Gasteiger partial charge < -0.3 is 4.43 Å². The third-order valence-corrected chi connectivity index (χ3v) is 9.13. The first kappa shape index (κ1) is 12.7. The largest absolute Gasteiger partial charge is 0.414 e. The van der Waals surface area contributed by atoms with Crippen LogP contribution in [0, 0.1) is 5.92 Å². The molecule has 1 nitrogen and oxygen atoms in total. The summed E-state index contributed by atoms with van der Waals surface area (Å²) in [4.78, 5) is 0. The van der Waals surface area contributed by atoms with Crippen LogP contribution in [0.25, 0.3) is 0 Å². The standard InChI is InChI=1S/C11H23BrOSi/c1-11(2,3)14(4,5)13-10-6-9(7-10)8-12/h9-10H,6-8H2,1-5H3. The Kier molecular flexibility index (Phi) is 3.87. The van der Waals surface area contributed by atoms with Crippen LogP contribution >= 0.6 is 15.9 Å². The fourth-order valence-corrected chi connectivity index (χ4v) is 3.40. The monoisotopic (exact) mass is 278 g/mol. The number of rotatable bonds is 3. The van der Waals surface area contributed by atoms with Crippen LogP contribution in [0.2, 0.25) is 18.1 Å². The Morgan fingerprint density at radius 2 is 1.79 bits per heavy atom. The molecule has 14 heavy (non-hydrogen) atoms. The van der Waals surface area contributed by atoms with E-state index in [-0.39, 0.29) is 0 Å². The normalized spacial score (nSPS) is 28.7. The van der Waals surface area contributed by atoms with Crippen molar-refractivity contribution >= 4 is 24.2 Å². The first-order valence-electron chi connectivity index (χ1n) is 5.50. The maximum Gasteiger partial charge on any atom is 0.192 e. The van der Waals surface area contributed by atoms with Gasteiger partial charge >= 0.3 is 0 Å². The summed E-state index contributed by atoms with van der Waals surface area (Å²) in [5.41, 5.74) is 0. The van der Waals surface area contributed by atoms with Crippen LogP contribution in [0.4, 0.5) is 0 Å². The molecule has 1 aliphatic carbocycles. The SMILES string of the molecule is CC(C)(C)[Si](C)(C)OC1CC(CBr)C1. The topological polar surface area (TPSA) is 9.23 Å². The second kappa shape index (κ2) is 4.26. The van der Waals surface area contributed by atoms with E-state index in [1.165, 1.54) is 12.8 Å². The van der Waals surface area contributed by atoms with Crippen LogP contribution in [-0.4, -0.2) is 19.8 Å². The molecule has 1 saturated carbocycles. The van der Waals surface area contributed by atoms with Gasteiger partial charge in [0.1, 0.15) is 0 Å². The van der Waals surface area contributed by atoms with Gasteiger partial charge in [0, 0.05) is 11.4 Å². The maximum atomic E-state index is 6.29. The number of halogens is 1. The van der Waals surface area contributed by atoms with E-state index in [0.29, 0.717) is 11.1 Å². The summed E-state index contributed by atoms with van der Waals surface area (Å²) in [7, 11) is -1.50. The van der Waals surface area contributed by atoms with Crippen molar-refractivity contribution in [1.82, 2.24) is 0 Å². The summed E-state index contributed by atoms with van der Waals surface area (Å²) < 4.78 is 6.29. The van der Waals surface area contributed by atoms with Gasteiger partial charge in [-0.15, -0.1) is 0 Å². The minimum atomic E-state index is -1.50. The highest BCUT2D eigenvalue weighted by molar-refractivity contribution is 9.09. The molecule has 0 aromatic heterocycles. The van der Waals surface area contributed by atoms with E-state index in [1.54, 1.807) is 0 Å². The van der Waals surface area contributed by atoms with Gasteiger partial charge in [-0.3, -0.25) is 0 Å². The number of hydrogen-bond donors (Lipinski definition) is 0. The fourth-order valence-electron chi connectivity index (χ4n) is 1.49. The summed E-state index contributed by atoms with van der Waals surface area (Å²) in [5, 5.41) is 1.50. The molecule has 0 spiro atoms. The van der Waals surface area contributed by atoms with Gasteiger partial charge in [-0.25, -0.2) is 0 Å². The lowest BCUT2D eigenvalue weighted by atomic mass is 9.84. The summed E-state index contributed by atoms with van der Waals surface area (Å²) in [6.07, 6.45) is 3.08. The van der Waals surface area contributed by atoms with Crippen molar-refractivity contribution in [2.75, 3.05) is 5.33 Å². The summed E-state index contributed by atoms with van der Waals surface area (Å²) >= 11 is 3.53. The molecule has 0 unspecified atom stereocenters. The third-order valence-electron chi connectivity index (χ3n) is 3.68. The molecule has 0 heterocycles. The van der Waals surface area contributed by atoms with Crippen molar-refractivity contribution < 1.29 is 4.43 Å². The van der Waals surface area contributed by atoms with Gasteiger partial charge in [0.25, 0.3) is 0 Å². The molecule has 0 atom stereocenters. The molecule has 0 aromatic rings. The van der Waals surface area contributed by atoms with Gasteiger partial charge in [0.05, 0.1) is 0 Å². The van der Waals surface area contributed by atoms with Crippen LogP contribution in [-0.2, 0) is 4.43 Å². The van der Waals surface area contributed by atoms with Gasteiger partial charge in [-0.05, 0) is 36.9 Å². The van der Waals surface area contributed by atoms with Crippen LogP contribution < -0.4 is 0 Å². The van der Waals surface area contributed by atoms with Crippen LogP contribution in [0.5, 0.6) is 0 Å². The minimum Gasteiger partial charge on any atom is -0.414 e. The Labute approximate surface area is 97.9 Å². The lowest BCUT2D eigenvalue weighted by molar-refractivity contribution is 0.0634. The van der Waals surface area contributed by atoms with Gasteiger partial charge in [-0.1, -0.05) is 36.7 Å². The van der Waals surface area contributed by atoms with Crippen molar-refractivity contribution in [2.24, 2.45) is 5.92 Å². The number of alkyl halides is 1. The van der Waals surface area contributed by atoms with E-state index < -0.39 is 8.32 Å². The lowest BCUT2D eigenvalue weighted by Gasteiger charge is -2.44. The smallest absolute Gasteiger partial charge is 0.192 e. The molecule has 0 saturated heterocycles. The second-order valence-corrected chi connectivity index (χ2v) is 11.4. The highest BCUT2D eigenvalue weighted by Crippen LogP contribution is 2.41. The Balaban J connectivity index is 2.38. The fraction of sp³-hybridized carbons (Fsp3) is 1.00. The maximum absolute atomic E-state index is 6.29. The zero-order valence-corrected chi connectivity index (χ0v) is 12.6. The third kappa shape index (κ3) is 2.83. The van der Waals surface area contributed by atoms with Crippen molar-refractivity contribution in [3.05, 3.63) is 0 Å². The number of hydrogen-bond acceptors (Lipinski definition) is 1. The average molecular weight is 279 g/mol. The van der Waals surface area contributed by atoms with Crippen molar-refractivity contribution in [3.8, 4) is 0 Å². The first-order chi connectivity index (χ1) is 6.26. The second-order valence-electron chi connectivity index (χ2n) is 5.99. The van der Waals surface area contributed by atoms with Gasteiger partial charge in [-0.2, -0.15) is 0 Å². The van der Waals surface area contributed by atoms with E-state index in [9.17, 15) is 0 Å². The Morgan fingerprint density at radius 1 is 1.29 bits per heavy atom. The molecule has 1 aliphatic rings. The molecule has 1 fully saturated rings. The molecule has 0 bridgehead atoms. The molecule has 3 heteroatoms. The predicted molar refractivity (Wildman–Crippen MR) is 68.6 cm³/mol. The molecule has 0 radical (unpaired) electrons. The molecule has 0 aliphatic heterocycles. The molecule has 0 aromatic carbocycles. The Morgan fingerprint density at radius 3 is 2.14 bits per heavy atom. The summed E-state index contributed by atoms with van der Waals surface area (Å²) in [5.74, 6) is 0.866. The van der Waals surface area contributed by atoms with Gasteiger partial charge in [0.15, 0.2) is 8.32 Å².